The molecule has 1 aliphatic rings. The third-order valence-electron chi connectivity index (χ3n) is 2.70. The van der Waals surface area contributed by atoms with E-state index in [2.05, 4.69) is 11.7 Å². The number of amides is 1. The summed E-state index contributed by atoms with van der Waals surface area (Å²) in [5, 5.41) is 4.16. The first kappa shape index (κ1) is 11.3. The number of hydrogen-bond acceptors (Lipinski definition) is 3. The zero-order chi connectivity index (χ0) is 11.5. The van der Waals surface area contributed by atoms with Crippen LogP contribution < -0.4 is 0 Å². The van der Waals surface area contributed by atoms with Crippen LogP contribution in [0.5, 0.6) is 0 Å². The largest absolute Gasteiger partial charge is 0.330 e. The second-order valence-corrected chi connectivity index (χ2v) is 4.92. The van der Waals surface area contributed by atoms with Crippen LogP contribution in [0.1, 0.15) is 11.6 Å². The molecule has 1 fully saturated rings. The summed E-state index contributed by atoms with van der Waals surface area (Å²) in [6.07, 6.45) is 5.19. The Morgan fingerprint density at radius 2 is 2.56 bits per heavy atom. The second-order valence-electron chi connectivity index (χ2n) is 3.77. The zero-order valence-corrected chi connectivity index (χ0v) is 10.1. The maximum absolute atomic E-state index is 11.7. The van der Waals surface area contributed by atoms with Crippen molar-refractivity contribution in [3.63, 3.8) is 0 Å². The molecule has 1 aliphatic heterocycles. The maximum atomic E-state index is 11.7. The van der Waals surface area contributed by atoms with Gasteiger partial charge in [-0.25, -0.2) is 0 Å². The normalized spacial score (nSPS) is 20.8. The molecule has 2 rings (SSSR count). The summed E-state index contributed by atoms with van der Waals surface area (Å²) in [7, 11) is 1.89. The minimum Gasteiger partial charge on any atom is -0.330 e. The highest BCUT2D eigenvalue weighted by Crippen LogP contribution is 2.29. The Bertz CT molecular complexity index is 402. The summed E-state index contributed by atoms with van der Waals surface area (Å²) in [5.74, 6) is 1.94. The molecule has 16 heavy (non-hydrogen) atoms. The Hall–Kier alpha value is -1.23. The van der Waals surface area contributed by atoms with Crippen LogP contribution in [0.3, 0.4) is 0 Å². The molecular formula is C11H15N3OS. The van der Waals surface area contributed by atoms with Gasteiger partial charge in [-0.2, -0.15) is 16.9 Å². The number of hydrogen-bond donors (Lipinski definition) is 0. The smallest absolute Gasteiger partial charge is 0.246 e. The first-order valence-corrected chi connectivity index (χ1v) is 6.37. The molecule has 0 spiro atoms. The van der Waals surface area contributed by atoms with Crippen LogP contribution in [0.2, 0.25) is 0 Å². The van der Waals surface area contributed by atoms with Gasteiger partial charge in [-0.15, -0.1) is 0 Å². The van der Waals surface area contributed by atoms with Gasteiger partial charge in [0.25, 0.3) is 0 Å². The quantitative estimate of drug-likeness (QED) is 0.726. The van der Waals surface area contributed by atoms with Crippen LogP contribution in [0, 0.1) is 0 Å². The van der Waals surface area contributed by atoms with Crippen molar-refractivity contribution in [2.24, 2.45) is 7.05 Å². The molecule has 1 atom stereocenters. The van der Waals surface area contributed by atoms with Gasteiger partial charge in [0, 0.05) is 36.9 Å². The van der Waals surface area contributed by atoms with E-state index >= 15 is 0 Å². The second kappa shape index (κ2) is 4.74. The number of carbonyl (C=O) groups excluding carboxylic acids is 1. The molecule has 2 heterocycles. The van der Waals surface area contributed by atoms with Crippen molar-refractivity contribution >= 4 is 17.7 Å². The molecule has 1 unspecified atom stereocenters. The molecule has 0 N–H and O–H groups in total. The molecule has 0 saturated carbocycles. The Morgan fingerprint density at radius 1 is 1.75 bits per heavy atom. The number of thioether (sulfide) groups is 1. The lowest BCUT2D eigenvalue weighted by Crippen LogP contribution is -2.39. The van der Waals surface area contributed by atoms with E-state index in [0.29, 0.717) is 0 Å². The monoisotopic (exact) mass is 237 g/mol. The van der Waals surface area contributed by atoms with Crippen molar-refractivity contribution in [1.82, 2.24) is 14.7 Å². The van der Waals surface area contributed by atoms with Gasteiger partial charge >= 0.3 is 0 Å². The van der Waals surface area contributed by atoms with Crippen LogP contribution in [-0.2, 0) is 11.8 Å². The van der Waals surface area contributed by atoms with Gasteiger partial charge < -0.3 is 4.90 Å². The first-order chi connectivity index (χ1) is 7.72. The number of aromatic nitrogens is 2. The van der Waals surface area contributed by atoms with E-state index in [9.17, 15) is 4.79 Å². The van der Waals surface area contributed by atoms with Crippen molar-refractivity contribution in [2.75, 3.05) is 18.1 Å². The number of rotatable bonds is 2. The van der Waals surface area contributed by atoms with Crippen LogP contribution in [-0.4, -0.2) is 38.6 Å². The molecule has 0 aliphatic carbocycles. The molecule has 5 heteroatoms. The van der Waals surface area contributed by atoms with E-state index in [1.54, 1.807) is 4.68 Å². The maximum Gasteiger partial charge on any atom is 0.246 e. The molecule has 1 aromatic heterocycles. The molecular weight excluding hydrogens is 222 g/mol. The lowest BCUT2D eigenvalue weighted by Gasteiger charge is -2.34. The van der Waals surface area contributed by atoms with E-state index in [0.717, 1.165) is 23.6 Å². The molecule has 0 bridgehead atoms. The predicted octanol–water partition coefficient (Wildman–Crippen LogP) is 1.22. The van der Waals surface area contributed by atoms with E-state index < -0.39 is 0 Å². The highest BCUT2D eigenvalue weighted by Gasteiger charge is 2.27. The van der Waals surface area contributed by atoms with Crippen molar-refractivity contribution in [3.05, 3.63) is 30.6 Å². The molecule has 0 radical (unpaired) electrons. The summed E-state index contributed by atoms with van der Waals surface area (Å²) in [4.78, 5) is 13.6. The van der Waals surface area contributed by atoms with E-state index in [1.807, 2.05) is 36.1 Å². The summed E-state index contributed by atoms with van der Waals surface area (Å²) in [5.41, 5.74) is 1.10. The Morgan fingerprint density at radius 3 is 3.19 bits per heavy atom. The van der Waals surface area contributed by atoms with E-state index in [4.69, 9.17) is 0 Å². The fourth-order valence-electron chi connectivity index (χ4n) is 1.87. The van der Waals surface area contributed by atoms with Crippen molar-refractivity contribution in [3.8, 4) is 0 Å². The van der Waals surface area contributed by atoms with Crippen LogP contribution in [0.15, 0.2) is 25.0 Å². The zero-order valence-electron chi connectivity index (χ0n) is 9.30. The van der Waals surface area contributed by atoms with Gasteiger partial charge in [0.2, 0.25) is 5.91 Å². The van der Waals surface area contributed by atoms with Crippen molar-refractivity contribution in [2.45, 2.75) is 6.04 Å². The summed E-state index contributed by atoms with van der Waals surface area (Å²) >= 11 is 1.87. The first-order valence-electron chi connectivity index (χ1n) is 5.21. The molecule has 1 aromatic rings. The fourth-order valence-corrected chi connectivity index (χ4v) is 2.96. The average Bonchev–Trinajstić information content (AvgIpc) is 2.75. The van der Waals surface area contributed by atoms with Gasteiger partial charge in [-0.05, 0) is 6.08 Å². The van der Waals surface area contributed by atoms with Crippen LogP contribution in [0.4, 0.5) is 0 Å². The van der Waals surface area contributed by atoms with Crippen LogP contribution >= 0.6 is 11.8 Å². The SMILES string of the molecule is C=CC(=O)N1CCSCC1c1cnn(C)c1. The molecule has 1 amide bonds. The predicted molar refractivity (Wildman–Crippen MR) is 65.2 cm³/mol. The van der Waals surface area contributed by atoms with Gasteiger partial charge in [-0.1, -0.05) is 6.58 Å². The summed E-state index contributed by atoms with van der Waals surface area (Å²) < 4.78 is 1.77. The topological polar surface area (TPSA) is 38.1 Å². The Kier molecular flexibility index (Phi) is 3.33. The third-order valence-corrected chi connectivity index (χ3v) is 3.72. The van der Waals surface area contributed by atoms with Crippen molar-refractivity contribution < 1.29 is 4.79 Å². The summed E-state index contributed by atoms with van der Waals surface area (Å²) in [6.45, 7) is 4.34. The van der Waals surface area contributed by atoms with Gasteiger partial charge in [0.15, 0.2) is 0 Å². The summed E-state index contributed by atoms with van der Waals surface area (Å²) in [6, 6.07) is 0.137. The molecule has 0 aromatic carbocycles. The average molecular weight is 237 g/mol. The van der Waals surface area contributed by atoms with E-state index in [1.165, 1.54) is 6.08 Å². The third kappa shape index (κ3) is 2.14. The van der Waals surface area contributed by atoms with Gasteiger partial charge in [0.05, 0.1) is 12.2 Å². The highest BCUT2D eigenvalue weighted by atomic mass is 32.2. The number of aryl methyl sites for hydroxylation is 1. The molecule has 4 nitrogen and oxygen atoms in total. The lowest BCUT2D eigenvalue weighted by atomic mass is 10.1. The Labute approximate surface area is 99.3 Å². The van der Waals surface area contributed by atoms with Crippen LogP contribution in [0.25, 0.3) is 0 Å². The molecule has 1 saturated heterocycles. The minimum atomic E-state index is 0.00848. The van der Waals surface area contributed by atoms with E-state index in [-0.39, 0.29) is 11.9 Å². The minimum absolute atomic E-state index is 0.00848. The van der Waals surface area contributed by atoms with Gasteiger partial charge in [-0.3, -0.25) is 9.48 Å². The number of carbonyl (C=O) groups is 1. The van der Waals surface area contributed by atoms with Crippen molar-refractivity contribution in [1.29, 1.82) is 0 Å². The lowest BCUT2D eigenvalue weighted by molar-refractivity contribution is -0.127. The highest BCUT2D eigenvalue weighted by molar-refractivity contribution is 7.99. The van der Waals surface area contributed by atoms with Gasteiger partial charge in [0.1, 0.15) is 0 Å². The Balaban J connectivity index is 2.22. The fraction of sp³-hybridized carbons (Fsp3) is 0.455. The molecule has 86 valence electrons. The standard InChI is InChI=1S/C11H15N3OS/c1-3-11(15)14-4-5-16-8-10(14)9-6-12-13(2)7-9/h3,6-7,10H,1,4-5,8H2,2H3. The number of nitrogens with zero attached hydrogens (tertiary/aromatic N) is 3.